The Bertz CT molecular complexity index is 261. The Morgan fingerprint density at radius 1 is 1.42 bits per heavy atom. The standard InChI is InChI=1S/C10H17N2/c1-10(2,3)7-9-5-6-11-12(4)8-9/h5-6,8H,7H2,1-4H3/q+1. The first-order valence-electron chi connectivity index (χ1n) is 4.28. The van der Waals surface area contributed by atoms with Gasteiger partial charge in [0.05, 0.1) is 6.20 Å². The van der Waals surface area contributed by atoms with Crippen molar-refractivity contribution in [1.29, 1.82) is 0 Å². The highest BCUT2D eigenvalue weighted by molar-refractivity contribution is 5.05. The van der Waals surface area contributed by atoms with Gasteiger partial charge in [-0.15, -0.1) is 0 Å². The zero-order chi connectivity index (χ0) is 9.19. The van der Waals surface area contributed by atoms with E-state index in [0.29, 0.717) is 5.41 Å². The first-order valence-corrected chi connectivity index (χ1v) is 4.28. The molecule has 1 aromatic heterocycles. The molecule has 1 rings (SSSR count). The van der Waals surface area contributed by atoms with E-state index in [2.05, 4.69) is 38.1 Å². The molecule has 0 bridgehead atoms. The zero-order valence-electron chi connectivity index (χ0n) is 8.33. The number of hydrogen-bond acceptors (Lipinski definition) is 1. The molecule has 1 heterocycles. The normalized spacial score (nSPS) is 11.7. The lowest BCUT2D eigenvalue weighted by molar-refractivity contribution is -0.731. The third-order valence-electron chi connectivity index (χ3n) is 1.62. The molecule has 1 aromatic rings. The monoisotopic (exact) mass is 165 g/mol. The average molecular weight is 165 g/mol. The summed E-state index contributed by atoms with van der Waals surface area (Å²) in [5, 5.41) is 4.09. The van der Waals surface area contributed by atoms with Crippen molar-refractivity contribution >= 4 is 0 Å². The molecule has 66 valence electrons. The summed E-state index contributed by atoms with van der Waals surface area (Å²) in [5.41, 5.74) is 1.70. The van der Waals surface area contributed by atoms with Gasteiger partial charge in [0.2, 0.25) is 0 Å². The van der Waals surface area contributed by atoms with E-state index < -0.39 is 0 Å². The summed E-state index contributed by atoms with van der Waals surface area (Å²) in [5.74, 6) is 0. The van der Waals surface area contributed by atoms with Crippen molar-refractivity contribution in [2.75, 3.05) is 0 Å². The molecule has 2 nitrogen and oxygen atoms in total. The Labute approximate surface area is 74.2 Å². The summed E-state index contributed by atoms with van der Waals surface area (Å²) in [7, 11) is 1.95. The van der Waals surface area contributed by atoms with Crippen molar-refractivity contribution in [3.8, 4) is 0 Å². The van der Waals surface area contributed by atoms with Crippen LogP contribution in [-0.4, -0.2) is 5.10 Å². The fourth-order valence-electron chi connectivity index (χ4n) is 1.27. The van der Waals surface area contributed by atoms with Crippen LogP contribution in [0.4, 0.5) is 0 Å². The average Bonchev–Trinajstić information content (AvgIpc) is 1.82. The molecule has 0 aliphatic carbocycles. The van der Waals surface area contributed by atoms with Gasteiger partial charge in [0.1, 0.15) is 0 Å². The molecule has 0 radical (unpaired) electrons. The molecule has 0 aliphatic heterocycles. The minimum absolute atomic E-state index is 0.356. The van der Waals surface area contributed by atoms with E-state index in [1.165, 1.54) is 5.56 Å². The van der Waals surface area contributed by atoms with E-state index in [4.69, 9.17) is 0 Å². The summed E-state index contributed by atoms with van der Waals surface area (Å²) in [6.45, 7) is 6.73. The van der Waals surface area contributed by atoms with Gasteiger partial charge in [-0.05, 0) is 23.0 Å². The van der Waals surface area contributed by atoms with E-state index in [0.717, 1.165) is 6.42 Å². The van der Waals surface area contributed by atoms with Gasteiger partial charge >= 0.3 is 0 Å². The van der Waals surface area contributed by atoms with E-state index in [-0.39, 0.29) is 0 Å². The number of aryl methyl sites for hydroxylation is 1. The third kappa shape index (κ3) is 2.99. The highest BCUT2D eigenvalue weighted by Gasteiger charge is 2.12. The summed E-state index contributed by atoms with van der Waals surface area (Å²) < 4.78 is 1.85. The van der Waals surface area contributed by atoms with Crippen LogP contribution in [0, 0.1) is 5.41 Å². The van der Waals surface area contributed by atoms with Gasteiger partial charge in [-0.1, -0.05) is 25.5 Å². The molecule has 0 unspecified atom stereocenters. The highest BCUT2D eigenvalue weighted by atomic mass is 15.2. The van der Waals surface area contributed by atoms with E-state index in [1.807, 2.05) is 17.9 Å². The smallest absolute Gasteiger partial charge is 0.0938 e. The van der Waals surface area contributed by atoms with Crippen LogP contribution in [0.5, 0.6) is 0 Å². The predicted octanol–water partition coefficient (Wildman–Crippen LogP) is 1.49. The quantitative estimate of drug-likeness (QED) is 0.576. The molecule has 0 amide bonds. The van der Waals surface area contributed by atoms with Crippen molar-refractivity contribution in [1.82, 2.24) is 5.10 Å². The maximum Gasteiger partial charge on any atom is 0.199 e. The van der Waals surface area contributed by atoms with Gasteiger partial charge in [-0.2, -0.15) is 0 Å². The maximum atomic E-state index is 4.09. The second-order valence-electron chi connectivity index (χ2n) is 4.45. The van der Waals surface area contributed by atoms with E-state index in [9.17, 15) is 0 Å². The molecule has 0 saturated heterocycles. The van der Waals surface area contributed by atoms with Crippen molar-refractivity contribution < 1.29 is 4.68 Å². The van der Waals surface area contributed by atoms with Gasteiger partial charge in [0, 0.05) is 5.56 Å². The minimum atomic E-state index is 0.356. The third-order valence-corrected chi connectivity index (χ3v) is 1.62. The van der Waals surface area contributed by atoms with Crippen molar-refractivity contribution in [2.24, 2.45) is 12.5 Å². The van der Waals surface area contributed by atoms with Crippen molar-refractivity contribution in [3.05, 3.63) is 24.0 Å². The Kier molecular flexibility index (Phi) is 2.46. The number of hydrogen-bond donors (Lipinski definition) is 0. The number of rotatable bonds is 1. The van der Waals surface area contributed by atoms with Gasteiger partial charge < -0.3 is 0 Å². The summed E-state index contributed by atoms with van der Waals surface area (Å²) in [6.07, 6.45) is 5.02. The zero-order valence-corrected chi connectivity index (χ0v) is 8.33. The molecule has 12 heavy (non-hydrogen) atoms. The van der Waals surface area contributed by atoms with Crippen molar-refractivity contribution in [2.45, 2.75) is 27.2 Å². The highest BCUT2D eigenvalue weighted by Crippen LogP contribution is 2.18. The Morgan fingerprint density at radius 3 is 2.58 bits per heavy atom. The molecule has 0 aliphatic rings. The van der Waals surface area contributed by atoms with E-state index in [1.54, 1.807) is 0 Å². The lowest BCUT2D eigenvalue weighted by Crippen LogP contribution is -2.32. The molecule has 0 atom stereocenters. The van der Waals surface area contributed by atoms with Crippen molar-refractivity contribution in [3.63, 3.8) is 0 Å². The minimum Gasteiger partial charge on any atom is -0.0938 e. The first-order chi connectivity index (χ1) is 5.47. The molecule has 0 fully saturated rings. The van der Waals surface area contributed by atoms with Crippen LogP contribution < -0.4 is 4.68 Å². The number of nitrogens with zero attached hydrogens (tertiary/aromatic N) is 2. The van der Waals surface area contributed by atoms with Crippen LogP contribution in [0.25, 0.3) is 0 Å². The molecule has 0 spiro atoms. The summed E-state index contributed by atoms with van der Waals surface area (Å²) >= 11 is 0. The van der Waals surface area contributed by atoms with E-state index >= 15 is 0 Å². The largest absolute Gasteiger partial charge is 0.199 e. The van der Waals surface area contributed by atoms with Gasteiger partial charge in [-0.3, -0.25) is 0 Å². The van der Waals surface area contributed by atoms with Crippen LogP contribution >= 0.6 is 0 Å². The van der Waals surface area contributed by atoms with Crippen LogP contribution in [0.15, 0.2) is 18.5 Å². The van der Waals surface area contributed by atoms with Gasteiger partial charge in [-0.25, -0.2) is 0 Å². The topological polar surface area (TPSA) is 16.8 Å². The Balaban J connectivity index is 2.77. The lowest BCUT2D eigenvalue weighted by atomic mass is 9.89. The molecule has 2 heteroatoms. The molecule has 0 saturated carbocycles. The molecular weight excluding hydrogens is 148 g/mol. The molecule has 0 N–H and O–H groups in total. The van der Waals surface area contributed by atoms with Crippen LogP contribution in [0.1, 0.15) is 26.3 Å². The van der Waals surface area contributed by atoms with Crippen LogP contribution in [-0.2, 0) is 13.5 Å². The second kappa shape index (κ2) is 3.21. The molecule has 0 aromatic carbocycles. The fraction of sp³-hybridized carbons (Fsp3) is 0.600. The summed E-state index contributed by atoms with van der Waals surface area (Å²) in [4.78, 5) is 0. The fourth-order valence-corrected chi connectivity index (χ4v) is 1.27. The second-order valence-corrected chi connectivity index (χ2v) is 4.45. The predicted molar refractivity (Wildman–Crippen MR) is 48.6 cm³/mol. The van der Waals surface area contributed by atoms with Crippen LogP contribution in [0.3, 0.4) is 0 Å². The first kappa shape index (κ1) is 9.17. The van der Waals surface area contributed by atoms with Crippen LogP contribution in [0.2, 0.25) is 0 Å². The lowest BCUT2D eigenvalue weighted by Gasteiger charge is -2.16. The summed E-state index contributed by atoms with van der Waals surface area (Å²) in [6, 6.07) is 2.07. The molecular formula is C10H17N2+. The SMILES string of the molecule is C[n+]1cc(CC(C)(C)C)ccn1. The number of aromatic nitrogens is 2. The maximum absolute atomic E-state index is 4.09. The Morgan fingerprint density at radius 2 is 2.08 bits per heavy atom. The van der Waals surface area contributed by atoms with Gasteiger partial charge in [0.15, 0.2) is 13.2 Å². The van der Waals surface area contributed by atoms with Gasteiger partial charge in [0.25, 0.3) is 0 Å². The Hall–Kier alpha value is -0.920.